The Labute approximate surface area is 169 Å². The number of carbonyl (C=O) groups excluding carboxylic acids is 2. The Morgan fingerprint density at radius 2 is 1.64 bits per heavy atom. The Balaban J connectivity index is 1.81. The Bertz CT molecular complexity index is 873. The van der Waals surface area contributed by atoms with Crippen molar-refractivity contribution in [2.45, 2.75) is 32.0 Å². The van der Waals surface area contributed by atoms with Gasteiger partial charge in [-0.25, -0.2) is 9.59 Å². The first-order valence-corrected chi connectivity index (χ1v) is 9.18. The van der Waals surface area contributed by atoms with Gasteiger partial charge < -0.3 is 9.74 Å². The number of nitrogens with one attached hydrogen (secondary N) is 2. The molecule has 2 aromatic rings. The summed E-state index contributed by atoms with van der Waals surface area (Å²) in [5.41, 5.74) is 2.36. The Morgan fingerprint density at radius 3 is 2.25 bits per heavy atom. The molecule has 1 heterocycles. The van der Waals surface area contributed by atoms with E-state index in [9.17, 15) is 9.59 Å². The Hall–Kier alpha value is -2.77. The Morgan fingerprint density at radius 1 is 1.04 bits per heavy atom. The molecule has 0 spiro atoms. The van der Waals surface area contributed by atoms with E-state index in [-0.39, 0.29) is 6.03 Å². The number of anilines is 2. The van der Waals surface area contributed by atoms with Gasteiger partial charge in [-0.15, -0.1) is 5.48 Å². The van der Waals surface area contributed by atoms with Crippen LogP contribution in [0.15, 0.2) is 54.6 Å². The van der Waals surface area contributed by atoms with Crippen molar-refractivity contribution in [3.63, 3.8) is 0 Å². The van der Waals surface area contributed by atoms with Crippen molar-refractivity contribution in [2.24, 2.45) is 0 Å². The molecule has 1 fully saturated rings. The maximum Gasteiger partial charge on any atom is 0.430 e. The lowest BCUT2D eigenvalue weighted by Crippen LogP contribution is -2.65. The Kier molecular flexibility index (Phi) is 5.23. The molecular weight excluding hydrogens is 380 g/mol. The van der Waals surface area contributed by atoms with Crippen molar-refractivity contribution in [2.75, 3.05) is 17.3 Å². The van der Waals surface area contributed by atoms with Crippen molar-refractivity contribution in [1.29, 1.82) is 0 Å². The van der Waals surface area contributed by atoms with Crippen molar-refractivity contribution >= 4 is 35.1 Å². The van der Waals surface area contributed by atoms with Crippen molar-refractivity contribution < 1.29 is 14.4 Å². The number of hydrogen-bond acceptors (Lipinski definition) is 4. The fourth-order valence-corrected chi connectivity index (χ4v) is 3.25. The summed E-state index contributed by atoms with van der Waals surface area (Å²) in [5, 5.41) is 3.18. The molecule has 0 aliphatic carbocycles. The molecule has 8 heteroatoms. The van der Waals surface area contributed by atoms with E-state index in [1.165, 1.54) is 0 Å². The number of hydrogen-bond donors (Lipinski definition) is 2. The molecule has 1 aliphatic heterocycles. The minimum Gasteiger partial charge on any atom is -0.351 e. The van der Waals surface area contributed by atoms with Crippen LogP contribution in [0.2, 0.25) is 5.02 Å². The molecule has 1 saturated heterocycles. The van der Waals surface area contributed by atoms with Crippen LogP contribution in [0.4, 0.5) is 21.0 Å². The van der Waals surface area contributed by atoms with Crippen LogP contribution in [0.5, 0.6) is 0 Å². The number of amides is 3. The van der Waals surface area contributed by atoms with Gasteiger partial charge >= 0.3 is 12.1 Å². The SMILES string of the molecule is CN1C(=O)N(c2ccccc2)[C@](C)(NOC(=O)Nc2ccc(Cl)cc2)C1(C)C. The maximum atomic E-state index is 12.9. The minimum absolute atomic E-state index is 0.201. The molecule has 148 valence electrons. The average Bonchev–Trinajstić information content (AvgIpc) is 2.80. The van der Waals surface area contributed by atoms with Crippen LogP contribution in [0.3, 0.4) is 0 Å². The second-order valence-corrected chi connectivity index (χ2v) is 7.70. The van der Waals surface area contributed by atoms with Crippen LogP contribution in [0.25, 0.3) is 0 Å². The smallest absolute Gasteiger partial charge is 0.351 e. The zero-order valence-corrected chi connectivity index (χ0v) is 16.9. The predicted molar refractivity (Wildman–Crippen MR) is 109 cm³/mol. The summed E-state index contributed by atoms with van der Waals surface area (Å²) in [6.45, 7) is 5.62. The first-order chi connectivity index (χ1) is 13.2. The normalized spacial score (nSPS) is 21.0. The van der Waals surface area contributed by atoms with E-state index in [2.05, 4.69) is 10.8 Å². The molecule has 0 radical (unpaired) electrons. The van der Waals surface area contributed by atoms with Crippen LogP contribution in [0, 0.1) is 0 Å². The van der Waals surface area contributed by atoms with Gasteiger partial charge in [0.25, 0.3) is 0 Å². The van der Waals surface area contributed by atoms with Gasteiger partial charge in [-0.3, -0.25) is 10.2 Å². The average molecular weight is 403 g/mol. The van der Waals surface area contributed by atoms with Gasteiger partial charge in [-0.05, 0) is 57.2 Å². The largest absolute Gasteiger partial charge is 0.430 e. The first-order valence-electron chi connectivity index (χ1n) is 8.80. The second kappa shape index (κ2) is 7.33. The first kappa shape index (κ1) is 20.0. The van der Waals surface area contributed by atoms with Crippen LogP contribution < -0.4 is 15.7 Å². The second-order valence-electron chi connectivity index (χ2n) is 7.27. The number of nitrogens with zero attached hydrogens (tertiary/aromatic N) is 2. The molecule has 0 bridgehead atoms. The van der Waals surface area contributed by atoms with E-state index in [4.69, 9.17) is 16.4 Å². The van der Waals surface area contributed by atoms with Crippen LogP contribution in [-0.4, -0.2) is 35.3 Å². The lowest BCUT2D eigenvalue weighted by atomic mass is 9.89. The number of benzene rings is 2. The highest BCUT2D eigenvalue weighted by molar-refractivity contribution is 6.30. The highest BCUT2D eigenvalue weighted by atomic mass is 35.5. The molecule has 1 aliphatic rings. The number of urea groups is 1. The molecule has 28 heavy (non-hydrogen) atoms. The molecular formula is C20H23ClN4O3. The number of carbonyl (C=O) groups is 2. The fourth-order valence-electron chi connectivity index (χ4n) is 3.12. The van der Waals surface area contributed by atoms with E-state index in [0.717, 1.165) is 0 Å². The molecule has 3 amide bonds. The number of halogens is 1. The van der Waals surface area contributed by atoms with Crippen molar-refractivity contribution in [1.82, 2.24) is 10.4 Å². The number of para-hydroxylation sites is 1. The van der Waals surface area contributed by atoms with Gasteiger partial charge in [0.05, 0.1) is 5.54 Å². The third-order valence-corrected chi connectivity index (χ3v) is 5.65. The lowest BCUT2D eigenvalue weighted by Gasteiger charge is -2.42. The highest BCUT2D eigenvalue weighted by Gasteiger charge is 2.60. The highest BCUT2D eigenvalue weighted by Crippen LogP contribution is 2.41. The van der Waals surface area contributed by atoms with E-state index in [1.54, 1.807) is 41.1 Å². The number of likely N-dealkylation sites (N-methyl/N-ethyl adjacent to an activating group) is 1. The number of hydroxylamine groups is 1. The third kappa shape index (κ3) is 3.39. The van der Waals surface area contributed by atoms with Crippen molar-refractivity contribution in [3.05, 3.63) is 59.6 Å². The predicted octanol–water partition coefficient (Wildman–Crippen LogP) is 4.46. The zero-order valence-electron chi connectivity index (χ0n) is 16.2. The van der Waals surface area contributed by atoms with Gasteiger partial charge in [-0.2, -0.15) is 0 Å². The summed E-state index contributed by atoms with van der Waals surface area (Å²) in [7, 11) is 1.72. The standard InChI is InChI=1S/C20H23ClN4O3/c1-19(2)20(3,23-28-17(26)22-15-12-10-14(21)11-13-15)25(18(27)24(19)4)16-8-6-5-7-9-16/h5-13,23H,1-4H3,(H,22,26)/t20-/m0/s1. The van der Waals surface area contributed by atoms with Gasteiger partial charge in [0, 0.05) is 23.4 Å². The van der Waals surface area contributed by atoms with E-state index < -0.39 is 17.3 Å². The third-order valence-electron chi connectivity index (χ3n) is 5.40. The molecule has 7 nitrogen and oxygen atoms in total. The molecule has 0 aromatic heterocycles. The van der Waals surface area contributed by atoms with Crippen molar-refractivity contribution in [3.8, 4) is 0 Å². The minimum atomic E-state index is -1.02. The quantitative estimate of drug-likeness (QED) is 0.740. The van der Waals surface area contributed by atoms with Gasteiger partial charge in [0.1, 0.15) is 0 Å². The van der Waals surface area contributed by atoms with E-state index in [1.807, 2.05) is 51.1 Å². The zero-order chi connectivity index (χ0) is 20.5. The number of rotatable bonds is 4. The van der Waals surface area contributed by atoms with Crippen LogP contribution in [-0.2, 0) is 4.84 Å². The molecule has 0 saturated carbocycles. The lowest BCUT2D eigenvalue weighted by molar-refractivity contribution is 0.00468. The summed E-state index contributed by atoms with van der Waals surface area (Å²) >= 11 is 5.85. The van der Waals surface area contributed by atoms with E-state index >= 15 is 0 Å². The maximum absolute atomic E-state index is 12.9. The van der Waals surface area contributed by atoms with Crippen LogP contribution >= 0.6 is 11.6 Å². The molecule has 1 atom stereocenters. The summed E-state index contributed by atoms with van der Waals surface area (Å²) in [5.74, 6) is 0. The van der Waals surface area contributed by atoms with E-state index in [0.29, 0.717) is 16.4 Å². The topological polar surface area (TPSA) is 73.9 Å². The summed E-state index contributed by atoms with van der Waals surface area (Å²) in [6.07, 6.45) is -0.700. The fraction of sp³-hybridized carbons (Fsp3) is 0.300. The molecule has 3 rings (SSSR count). The summed E-state index contributed by atoms with van der Waals surface area (Å²) < 4.78 is 0. The van der Waals surface area contributed by atoms with Gasteiger partial charge in [-0.1, -0.05) is 29.8 Å². The summed E-state index contributed by atoms with van der Waals surface area (Å²) in [4.78, 5) is 33.7. The molecule has 2 aromatic carbocycles. The van der Waals surface area contributed by atoms with Gasteiger partial charge in [0.2, 0.25) is 0 Å². The summed E-state index contributed by atoms with van der Waals surface area (Å²) in [6, 6.07) is 15.7. The molecule has 0 unspecified atom stereocenters. The monoisotopic (exact) mass is 402 g/mol. The van der Waals surface area contributed by atoms with Gasteiger partial charge in [0.15, 0.2) is 5.66 Å². The van der Waals surface area contributed by atoms with Crippen LogP contribution in [0.1, 0.15) is 20.8 Å². The molecule has 2 N–H and O–H groups in total.